The van der Waals surface area contributed by atoms with Crippen LogP contribution in [0.4, 0.5) is 15.3 Å². The molecule has 3 N–H and O–H groups in total. The highest BCUT2D eigenvalue weighted by atomic mass is 28.3. The number of H-pyrrole nitrogens is 1. The number of benzene rings is 1. The summed E-state index contributed by atoms with van der Waals surface area (Å²) in [5.41, 5.74) is 1.21. The molecule has 214 valence electrons. The minimum atomic E-state index is -1.28. The lowest BCUT2D eigenvalue weighted by molar-refractivity contribution is 0.0603. The number of methoxy groups -OCH3 is 1. The number of aryl methyl sites for hydroxylation is 1. The van der Waals surface area contributed by atoms with E-state index in [2.05, 4.69) is 39.7 Å². The van der Waals surface area contributed by atoms with Gasteiger partial charge in [-0.25, -0.2) is 19.4 Å². The van der Waals surface area contributed by atoms with Crippen molar-refractivity contribution < 1.29 is 33.7 Å². The van der Waals surface area contributed by atoms with Crippen LogP contribution in [0.1, 0.15) is 55.5 Å². The molecular formula is C27H40N4O7Si. The van der Waals surface area contributed by atoms with E-state index in [9.17, 15) is 19.5 Å². The Balaban J connectivity index is 2.24. The molecule has 0 aliphatic carbocycles. The van der Waals surface area contributed by atoms with Crippen LogP contribution >= 0.6 is 0 Å². The maximum absolute atomic E-state index is 12.1. The Morgan fingerprint density at radius 3 is 2.54 bits per heavy atom. The Morgan fingerprint density at radius 1 is 1.21 bits per heavy atom. The van der Waals surface area contributed by atoms with Crippen LogP contribution in [-0.2, 0) is 27.2 Å². The number of carboxylic acid groups (broad SMARTS) is 1. The average molecular weight is 561 g/mol. The van der Waals surface area contributed by atoms with Crippen LogP contribution in [0, 0.1) is 0 Å². The highest BCUT2D eigenvalue weighted by Crippen LogP contribution is 2.29. The van der Waals surface area contributed by atoms with Gasteiger partial charge in [-0.1, -0.05) is 19.6 Å². The van der Waals surface area contributed by atoms with E-state index in [0.717, 1.165) is 6.04 Å². The molecule has 39 heavy (non-hydrogen) atoms. The second-order valence-corrected chi connectivity index (χ2v) is 16.9. The van der Waals surface area contributed by atoms with Gasteiger partial charge in [-0.3, -0.25) is 5.32 Å². The van der Waals surface area contributed by atoms with E-state index in [0.29, 0.717) is 48.6 Å². The number of anilines is 1. The van der Waals surface area contributed by atoms with Gasteiger partial charge in [0, 0.05) is 38.6 Å². The molecule has 12 heteroatoms. The molecule has 2 aromatic rings. The molecule has 0 bridgehead atoms. The normalized spacial score (nSPS) is 12.0. The number of nitrogens with zero attached hydrogens (tertiary/aromatic N) is 2. The lowest BCUT2D eigenvalue weighted by Gasteiger charge is -2.16. The number of nitrogens with one attached hydrogen (secondary N) is 2. The third-order valence-corrected chi connectivity index (χ3v) is 7.05. The number of aliphatic imine (C=N–C) groups is 1. The van der Waals surface area contributed by atoms with Crippen molar-refractivity contribution in [1.82, 2.24) is 9.97 Å². The zero-order chi connectivity index (χ0) is 29.2. The number of unbranched alkanes of at least 4 members (excludes halogenated alkanes) is 1. The summed E-state index contributed by atoms with van der Waals surface area (Å²) in [4.78, 5) is 47.2. The number of carbonyl (C=O) groups excluding carboxylic acids is 2. The van der Waals surface area contributed by atoms with Crippen LogP contribution in [0.3, 0.4) is 0 Å². The average Bonchev–Trinajstić information content (AvgIpc) is 3.22. The fourth-order valence-electron chi connectivity index (χ4n) is 3.42. The fourth-order valence-corrected chi connectivity index (χ4v) is 4.18. The molecule has 1 aromatic carbocycles. The largest absolute Gasteiger partial charge is 0.478 e. The maximum atomic E-state index is 12.1. The lowest BCUT2D eigenvalue weighted by Crippen LogP contribution is -2.21. The number of imidazole rings is 1. The Labute approximate surface area is 230 Å². The molecule has 0 saturated carbocycles. The van der Waals surface area contributed by atoms with Crippen LogP contribution in [0.5, 0.6) is 0 Å². The molecule has 1 heterocycles. The van der Waals surface area contributed by atoms with Crippen molar-refractivity contribution in [3.05, 3.63) is 35.3 Å². The summed E-state index contributed by atoms with van der Waals surface area (Å²) < 4.78 is 15.7. The summed E-state index contributed by atoms with van der Waals surface area (Å²) >= 11 is 0. The van der Waals surface area contributed by atoms with Gasteiger partial charge < -0.3 is 24.3 Å². The Hall–Kier alpha value is -3.51. The third kappa shape index (κ3) is 11.4. The molecule has 2 rings (SSSR count). The highest BCUT2D eigenvalue weighted by Gasteiger charge is 2.21. The van der Waals surface area contributed by atoms with Gasteiger partial charge >= 0.3 is 18.2 Å². The predicted molar refractivity (Wildman–Crippen MR) is 152 cm³/mol. The summed E-state index contributed by atoms with van der Waals surface area (Å²) in [5.74, 6) is -0.500. The summed E-state index contributed by atoms with van der Waals surface area (Å²) in [6.45, 7) is 13.0. The molecule has 0 radical (unpaired) electrons. The van der Waals surface area contributed by atoms with E-state index in [1.54, 1.807) is 32.9 Å². The summed E-state index contributed by atoms with van der Waals surface area (Å²) in [5, 5.41) is 12.4. The molecule has 2 amide bonds. The van der Waals surface area contributed by atoms with E-state index >= 15 is 0 Å². The van der Waals surface area contributed by atoms with Crippen LogP contribution in [0.25, 0.3) is 11.3 Å². The zero-order valence-electron chi connectivity index (χ0n) is 23.8. The molecule has 11 nitrogen and oxygen atoms in total. The third-order valence-electron chi connectivity index (χ3n) is 5.34. The minimum absolute atomic E-state index is 0.0187. The standard InChI is InChI=1S/C27H40N4O7Si/c1-27(2,3)38-25(34)28-13-9-8-10-22-30-21(17-37-14-15-39(5,6)7)23(31-22)19-12-11-18(29-26(35)36-4)16-20(19)24(32)33/h11-13,16H,8-10,14-15,17H2,1-7H3,(H,29,35)(H,30,31)(H,32,33). The van der Waals surface area contributed by atoms with Crippen molar-refractivity contribution in [3.63, 3.8) is 0 Å². The quantitative estimate of drug-likeness (QED) is 0.159. The van der Waals surface area contributed by atoms with Gasteiger partial charge in [-0.05, 0) is 57.9 Å². The van der Waals surface area contributed by atoms with Crippen molar-refractivity contribution in [2.75, 3.05) is 19.0 Å². The van der Waals surface area contributed by atoms with E-state index in [4.69, 9.17) is 14.5 Å². The number of aromatic amines is 1. The van der Waals surface area contributed by atoms with Gasteiger partial charge in [0.2, 0.25) is 0 Å². The molecule has 0 fully saturated rings. The van der Waals surface area contributed by atoms with Crippen molar-refractivity contribution in [3.8, 4) is 11.3 Å². The van der Waals surface area contributed by atoms with E-state index < -0.39 is 31.8 Å². The summed E-state index contributed by atoms with van der Waals surface area (Å²) in [6.07, 6.45) is 1.93. The Kier molecular flexibility index (Phi) is 11.4. The lowest BCUT2D eigenvalue weighted by atomic mass is 10.0. The Morgan fingerprint density at radius 2 is 1.92 bits per heavy atom. The first kappa shape index (κ1) is 31.7. The highest BCUT2D eigenvalue weighted by molar-refractivity contribution is 6.76. The smallest absolute Gasteiger partial charge is 0.433 e. The number of carboxylic acids is 1. The van der Waals surface area contributed by atoms with Crippen LogP contribution < -0.4 is 5.32 Å². The van der Waals surface area contributed by atoms with Gasteiger partial charge in [0.05, 0.1) is 30.7 Å². The molecule has 1 aromatic heterocycles. The molecule has 0 unspecified atom stereocenters. The van der Waals surface area contributed by atoms with Gasteiger partial charge in [-0.15, -0.1) is 0 Å². The number of aromatic nitrogens is 2. The number of amides is 2. The van der Waals surface area contributed by atoms with E-state index in [1.807, 2.05) is 0 Å². The number of aromatic carboxylic acids is 1. The van der Waals surface area contributed by atoms with Crippen molar-refractivity contribution in [2.45, 2.75) is 77.9 Å². The fraction of sp³-hybridized carbons (Fsp3) is 0.519. The number of hydrogen-bond acceptors (Lipinski definition) is 7. The summed E-state index contributed by atoms with van der Waals surface area (Å²) in [6, 6.07) is 5.56. The van der Waals surface area contributed by atoms with Gasteiger partial charge in [0.1, 0.15) is 11.4 Å². The van der Waals surface area contributed by atoms with Gasteiger partial charge in [-0.2, -0.15) is 4.99 Å². The first-order valence-corrected chi connectivity index (χ1v) is 16.5. The van der Waals surface area contributed by atoms with Crippen molar-refractivity contribution in [1.29, 1.82) is 0 Å². The monoisotopic (exact) mass is 560 g/mol. The predicted octanol–water partition coefficient (Wildman–Crippen LogP) is 6.14. The Bertz CT molecular complexity index is 1180. The number of hydrogen-bond donors (Lipinski definition) is 3. The van der Waals surface area contributed by atoms with Gasteiger partial charge in [0.15, 0.2) is 0 Å². The SMILES string of the molecule is COC(=O)Nc1ccc(-c2nc(CCCC=NC(=O)OC(C)(C)C)[nH]c2COCC[Si](C)(C)C)c(C(=O)O)c1. The molecule has 0 saturated heterocycles. The van der Waals surface area contributed by atoms with Crippen LogP contribution in [-0.4, -0.2) is 66.8 Å². The summed E-state index contributed by atoms with van der Waals surface area (Å²) in [7, 11) is -0.0533. The number of ether oxygens (including phenoxy) is 3. The number of rotatable bonds is 12. The van der Waals surface area contributed by atoms with Crippen molar-refractivity contribution >= 4 is 38.1 Å². The maximum Gasteiger partial charge on any atom is 0.433 e. The molecule has 0 aliphatic heterocycles. The van der Waals surface area contributed by atoms with Gasteiger partial charge in [0.25, 0.3) is 0 Å². The first-order chi connectivity index (χ1) is 18.2. The van der Waals surface area contributed by atoms with E-state index in [1.165, 1.54) is 19.4 Å². The van der Waals surface area contributed by atoms with Crippen LogP contribution in [0.2, 0.25) is 25.7 Å². The molecule has 0 spiro atoms. The van der Waals surface area contributed by atoms with E-state index in [-0.39, 0.29) is 17.9 Å². The molecular weight excluding hydrogens is 520 g/mol. The zero-order valence-corrected chi connectivity index (χ0v) is 24.8. The topological polar surface area (TPSA) is 152 Å². The second-order valence-electron chi connectivity index (χ2n) is 11.2. The second kappa shape index (κ2) is 14.0. The molecule has 0 aliphatic rings. The first-order valence-electron chi connectivity index (χ1n) is 12.8. The molecule has 0 atom stereocenters. The minimum Gasteiger partial charge on any atom is -0.478 e. The number of carbonyl (C=O) groups is 3. The van der Waals surface area contributed by atoms with Crippen LogP contribution in [0.15, 0.2) is 23.2 Å². The van der Waals surface area contributed by atoms with Crippen molar-refractivity contribution in [2.24, 2.45) is 4.99 Å².